The Morgan fingerprint density at radius 3 is 2.44 bits per heavy atom. The van der Waals surface area contributed by atoms with Crippen molar-refractivity contribution in [3.63, 3.8) is 0 Å². The summed E-state index contributed by atoms with van der Waals surface area (Å²) >= 11 is 3.40. The van der Waals surface area contributed by atoms with Crippen LogP contribution in [0.4, 0.5) is 4.79 Å². The number of carbonyl (C=O) groups excluding carboxylic acids is 1. The van der Waals surface area contributed by atoms with E-state index in [0.717, 1.165) is 10.2 Å². The predicted molar refractivity (Wildman–Crippen MR) is 111 cm³/mol. The summed E-state index contributed by atoms with van der Waals surface area (Å²) in [6.07, 6.45) is 1.47. The number of nitrogens with one attached hydrogen (secondary N) is 1. The van der Waals surface area contributed by atoms with Crippen molar-refractivity contribution in [2.24, 2.45) is 10.8 Å². The molecule has 2 amide bonds. The van der Waals surface area contributed by atoms with Crippen molar-refractivity contribution in [1.82, 2.24) is 5.43 Å². The van der Waals surface area contributed by atoms with Crippen LogP contribution in [0, 0.1) is 0 Å². The Morgan fingerprint density at radius 1 is 1.15 bits per heavy atom. The topological polar surface area (TPSA) is 85.9 Å². The van der Waals surface area contributed by atoms with Crippen LogP contribution in [0.15, 0.2) is 52.0 Å². The highest BCUT2D eigenvalue weighted by atomic mass is 79.9. The Bertz CT molecular complexity index is 799. The molecule has 0 aliphatic rings. The number of rotatable bonds is 7. The lowest BCUT2D eigenvalue weighted by molar-refractivity contribution is 0.217. The molecule has 0 bridgehead atoms. The van der Waals surface area contributed by atoms with E-state index in [1.54, 1.807) is 0 Å². The Hall–Kier alpha value is -2.54. The highest BCUT2D eigenvalue weighted by Crippen LogP contribution is 2.24. The molecule has 0 spiro atoms. The Morgan fingerprint density at radius 2 is 1.81 bits per heavy atom. The van der Waals surface area contributed by atoms with Crippen LogP contribution in [0.1, 0.15) is 31.9 Å². The van der Waals surface area contributed by atoms with Gasteiger partial charge in [0.05, 0.1) is 6.21 Å². The van der Waals surface area contributed by atoms with Gasteiger partial charge in [0.2, 0.25) is 0 Å². The van der Waals surface area contributed by atoms with Crippen molar-refractivity contribution in [1.29, 1.82) is 0 Å². The second-order valence-electron chi connectivity index (χ2n) is 6.89. The average molecular weight is 434 g/mol. The number of urea groups is 1. The third-order valence-electron chi connectivity index (χ3n) is 3.68. The number of hydrogen-bond acceptors (Lipinski definition) is 4. The van der Waals surface area contributed by atoms with Crippen molar-refractivity contribution in [3.8, 4) is 11.5 Å². The van der Waals surface area contributed by atoms with Crippen molar-refractivity contribution in [2.75, 3.05) is 13.2 Å². The van der Waals surface area contributed by atoms with Crippen LogP contribution in [-0.2, 0) is 5.41 Å². The van der Waals surface area contributed by atoms with Crippen LogP contribution in [0.2, 0.25) is 0 Å². The second kappa shape index (κ2) is 9.41. The normalized spacial score (nSPS) is 11.4. The molecule has 144 valence electrons. The first-order valence-corrected chi connectivity index (χ1v) is 9.29. The van der Waals surface area contributed by atoms with Crippen LogP contribution in [-0.4, -0.2) is 25.5 Å². The van der Waals surface area contributed by atoms with Gasteiger partial charge in [-0.1, -0.05) is 48.8 Å². The molecule has 0 saturated carbocycles. The second-order valence-corrected chi connectivity index (χ2v) is 7.80. The number of amides is 2. The van der Waals surface area contributed by atoms with Gasteiger partial charge in [0.1, 0.15) is 24.7 Å². The van der Waals surface area contributed by atoms with Gasteiger partial charge in [-0.2, -0.15) is 5.10 Å². The van der Waals surface area contributed by atoms with Crippen LogP contribution in [0.25, 0.3) is 0 Å². The standard InChI is InChI=1S/C20H24BrN3O3/c1-20(2,3)15-4-7-17(8-5-15)26-10-11-27-18-9-6-16(21)12-14(18)13-23-24-19(22)25/h4-9,12-13H,10-11H2,1-3H3,(H3,22,24,25). The zero-order valence-corrected chi connectivity index (χ0v) is 17.2. The summed E-state index contributed by atoms with van der Waals surface area (Å²) in [4.78, 5) is 10.7. The van der Waals surface area contributed by atoms with Crippen molar-refractivity contribution < 1.29 is 14.3 Å². The molecule has 0 aliphatic heterocycles. The number of ether oxygens (including phenoxy) is 2. The van der Waals surface area contributed by atoms with Gasteiger partial charge in [-0.05, 0) is 41.3 Å². The minimum Gasteiger partial charge on any atom is -0.490 e. The highest BCUT2D eigenvalue weighted by Gasteiger charge is 2.12. The summed E-state index contributed by atoms with van der Waals surface area (Å²) in [5, 5.41) is 3.77. The van der Waals surface area contributed by atoms with Gasteiger partial charge in [-0.25, -0.2) is 10.2 Å². The summed E-state index contributed by atoms with van der Waals surface area (Å²) in [6.45, 7) is 7.30. The third-order valence-corrected chi connectivity index (χ3v) is 4.17. The molecule has 0 fully saturated rings. The number of benzene rings is 2. The zero-order chi connectivity index (χ0) is 19.9. The van der Waals surface area contributed by atoms with E-state index in [4.69, 9.17) is 15.2 Å². The zero-order valence-electron chi connectivity index (χ0n) is 15.7. The molecule has 0 saturated heterocycles. The minimum absolute atomic E-state index is 0.116. The van der Waals surface area contributed by atoms with E-state index in [2.05, 4.69) is 59.4 Å². The van der Waals surface area contributed by atoms with Crippen molar-refractivity contribution >= 4 is 28.2 Å². The molecule has 7 heteroatoms. The maximum atomic E-state index is 10.7. The smallest absolute Gasteiger partial charge is 0.332 e. The number of nitrogens with zero attached hydrogens (tertiary/aromatic N) is 1. The number of primary amides is 1. The Labute approximate surface area is 167 Å². The van der Waals surface area contributed by atoms with Crippen molar-refractivity contribution in [3.05, 3.63) is 58.1 Å². The first-order chi connectivity index (χ1) is 12.8. The fraction of sp³-hybridized carbons (Fsp3) is 0.300. The number of hydrogen-bond donors (Lipinski definition) is 2. The van der Waals surface area contributed by atoms with E-state index in [1.165, 1.54) is 11.8 Å². The van der Waals surface area contributed by atoms with E-state index in [9.17, 15) is 4.79 Å². The molecule has 2 aromatic carbocycles. The minimum atomic E-state index is -0.727. The first kappa shape index (κ1) is 20.8. The van der Waals surface area contributed by atoms with Crippen molar-refractivity contribution in [2.45, 2.75) is 26.2 Å². The molecule has 27 heavy (non-hydrogen) atoms. The number of carbonyl (C=O) groups is 1. The summed E-state index contributed by atoms with van der Waals surface area (Å²) < 4.78 is 12.4. The van der Waals surface area contributed by atoms with Gasteiger partial charge in [0.25, 0.3) is 0 Å². The highest BCUT2D eigenvalue weighted by molar-refractivity contribution is 9.10. The molecule has 2 aromatic rings. The van der Waals surface area contributed by atoms with E-state index in [-0.39, 0.29) is 5.41 Å². The van der Waals surface area contributed by atoms with Gasteiger partial charge >= 0.3 is 6.03 Å². The molecular weight excluding hydrogens is 410 g/mol. The van der Waals surface area contributed by atoms with Gasteiger partial charge in [-0.3, -0.25) is 0 Å². The Kier molecular flexibility index (Phi) is 7.24. The summed E-state index contributed by atoms with van der Waals surface area (Å²) in [7, 11) is 0. The maximum Gasteiger partial charge on any atom is 0.332 e. The van der Waals surface area contributed by atoms with Gasteiger partial charge in [0.15, 0.2) is 0 Å². The Balaban J connectivity index is 1.89. The molecule has 0 atom stereocenters. The molecule has 0 heterocycles. The maximum absolute atomic E-state index is 10.7. The predicted octanol–water partition coefficient (Wildman–Crippen LogP) is 4.21. The number of hydrazone groups is 1. The monoisotopic (exact) mass is 433 g/mol. The summed E-state index contributed by atoms with van der Waals surface area (Å²) in [5.74, 6) is 1.43. The van der Waals surface area contributed by atoms with Gasteiger partial charge in [-0.15, -0.1) is 0 Å². The van der Waals surface area contributed by atoms with Gasteiger partial charge < -0.3 is 15.2 Å². The van der Waals surface area contributed by atoms with Crippen LogP contribution in [0.3, 0.4) is 0 Å². The third kappa shape index (κ3) is 6.94. The van der Waals surface area contributed by atoms with Crippen LogP contribution in [0.5, 0.6) is 11.5 Å². The molecule has 0 unspecified atom stereocenters. The quantitative estimate of drug-likeness (QED) is 0.389. The molecule has 3 N–H and O–H groups in total. The molecule has 0 aromatic heterocycles. The molecule has 6 nitrogen and oxygen atoms in total. The van der Waals surface area contributed by atoms with E-state index < -0.39 is 6.03 Å². The van der Waals surface area contributed by atoms with E-state index in [0.29, 0.717) is 24.5 Å². The SMILES string of the molecule is CC(C)(C)c1ccc(OCCOc2ccc(Br)cc2C=NNC(N)=O)cc1. The molecular formula is C20H24BrN3O3. The molecule has 2 rings (SSSR count). The molecule has 0 aliphatic carbocycles. The summed E-state index contributed by atoms with van der Waals surface area (Å²) in [6, 6.07) is 12.9. The van der Waals surface area contributed by atoms with Crippen LogP contribution >= 0.6 is 15.9 Å². The van der Waals surface area contributed by atoms with Crippen LogP contribution < -0.4 is 20.6 Å². The average Bonchev–Trinajstić information content (AvgIpc) is 2.59. The number of halogens is 1. The lowest BCUT2D eigenvalue weighted by atomic mass is 9.87. The van der Waals surface area contributed by atoms with E-state index in [1.807, 2.05) is 30.3 Å². The van der Waals surface area contributed by atoms with Gasteiger partial charge in [0, 0.05) is 10.0 Å². The fourth-order valence-electron chi connectivity index (χ4n) is 2.28. The first-order valence-electron chi connectivity index (χ1n) is 8.50. The lowest BCUT2D eigenvalue weighted by Gasteiger charge is -2.19. The number of nitrogens with two attached hydrogens (primary N) is 1. The molecule has 0 radical (unpaired) electrons. The fourth-order valence-corrected chi connectivity index (χ4v) is 2.66. The summed E-state index contributed by atoms with van der Waals surface area (Å²) in [5.41, 5.74) is 9.22. The van der Waals surface area contributed by atoms with E-state index >= 15 is 0 Å². The lowest BCUT2D eigenvalue weighted by Crippen LogP contribution is -2.24. The largest absolute Gasteiger partial charge is 0.490 e.